The van der Waals surface area contributed by atoms with Gasteiger partial charge in [0.25, 0.3) is 0 Å². The van der Waals surface area contributed by atoms with Crippen LogP contribution in [-0.4, -0.2) is 53.8 Å². The van der Waals surface area contributed by atoms with Gasteiger partial charge in [-0.25, -0.2) is 9.59 Å². The zero-order valence-electron chi connectivity index (χ0n) is 20.0. The number of likely N-dealkylation sites (tertiary alicyclic amines) is 1. The third kappa shape index (κ3) is 8.26. The largest absolute Gasteiger partial charge is 0.445 e. The molecule has 2 atom stereocenters. The summed E-state index contributed by atoms with van der Waals surface area (Å²) in [4.78, 5) is 38.9. The third-order valence-corrected chi connectivity index (χ3v) is 6.07. The highest BCUT2D eigenvalue weighted by Gasteiger charge is 2.31. The minimum absolute atomic E-state index is 0.0378. The van der Waals surface area contributed by atoms with Crippen LogP contribution in [0.5, 0.6) is 0 Å². The van der Waals surface area contributed by atoms with Crippen LogP contribution in [0.2, 0.25) is 0 Å². The Labute approximate surface area is 196 Å². The van der Waals surface area contributed by atoms with Crippen molar-refractivity contribution in [2.45, 2.75) is 83.6 Å². The van der Waals surface area contributed by atoms with E-state index in [-0.39, 0.29) is 36.6 Å². The minimum Gasteiger partial charge on any atom is -0.445 e. The van der Waals surface area contributed by atoms with Crippen molar-refractivity contribution in [3.8, 4) is 0 Å². The number of alkyl carbamates (subject to hydrolysis) is 1. The SMILES string of the molecule is CC(C)(C)OC(=O)N[C@@H]1CCC[C@H](C(=O)NC2CCN(C(=O)OCc3ccccc3)CC2)C1. The molecule has 1 heterocycles. The summed E-state index contributed by atoms with van der Waals surface area (Å²) in [5.41, 5.74) is 0.415. The molecule has 3 amide bonds. The summed E-state index contributed by atoms with van der Waals surface area (Å²) in [5.74, 6) is -0.0802. The van der Waals surface area contributed by atoms with Crippen molar-refractivity contribution in [2.24, 2.45) is 5.92 Å². The van der Waals surface area contributed by atoms with E-state index in [2.05, 4.69) is 10.6 Å². The highest BCUT2D eigenvalue weighted by molar-refractivity contribution is 5.79. The number of carbonyl (C=O) groups is 3. The molecular formula is C25H37N3O5. The first-order valence-electron chi connectivity index (χ1n) is 11.9. The summed E-state index contributed by atoms with van der Waals surface area (Å²) in [6, 6.07) is 9.61. The van der Waals surface area contributed by atoms with Gasteiger partial charge in [0, 0.05) is 31.1 Å². The standard InChI is InChI=1S/C25H37N3O5/c1-25(2,3)33-23(30)27-21-11-7-10-19(16-21)22(29)26-20-12-14-28(15-13-20)24(31)32-17-18-8-5-4-6-9-18/h4-6,8-9,19-21H,7,10-17H2,1-3H3,(H,26,29)(H,27,30)/t19-,21+/m0/s1. The van der Waals surface area contributed by atoms with Gasteiger partial charge in [0.2, 0.25) is 5.91 Å². The summed E-state index contributed by atoms with van der Waals surface area (Å²) < 4.78 is 10.7. The molecule has 0 bridgehead atoms. The second kappa shape index (κ2) is 11.4. The number of carbonyl (C=O) groups excluding carboxylic acids is 3. The monoisotopic (exact) mass is 459 g/mol. The Morgan fingerprint density at radius 1 is 0.970 bits per heavy atom. The molecule has 2 fully saturated rings. The zero-order chi connectivity index (χ0) is 23.8. The first-order chi connectivity index (χ1) is 15.7. The lowest BCUT2D eigenvalue weighted by Crippen LogP contribution is -2.49. The van der Waals surface area contributed by atoms with Gasteiger partial charge >= 0.3 is 12.2 Å². The third-order valence-electron chi connectivity index (χ3n) is 6.07. The lowest BCUT2D eigenvalue weighted by molar-refractivity contribution is -0.127. The number of amides is 3. The van der Waals surface area contributed by atoms with E-state index in [4.69, 9.17) is 9.47 Å². The van der Waals surface area contributed by atoms with Gasteiger partial charge in [0.05, 0.1) is 0 Å². The molecule has 1 saturated carbocycles. The quantitative estimate of drug-likeness (QED) is 0.694. The summed E-state index contributed by atoms with van der Waals surface area (Å²) in [7, 11) is 0. The average molecular weight is 460 g/mol. The number of piperidine rings is 1. The molecule has 3 rings (SSSR count). The Hall–Kier alpha value is -2.77. The molecule has 1 aromatic carbocycles. The van der Waals surface area contributed by atoms with E-state index < -0.39 is 11.7 Å². The number of ether oxygens (including phenoxy) is 2. The number of nitrogens with one attached hydrogen (secondary N) is 2. The van der Waals surface area contributed by atoms with Crippen LogP contribution in [0, 0.1) is 5.92 Å². The molecule has 0 spiro atoms. The summed E-state index contributed by atoms with van der Waals surface area (Å²) in [6.07, 6.45) is 3.86. The van der Waals surface area contributed by atoms with Crippen LogP contribution in [-0.2, 0) is 20.9 Å². The molecular weight excluding hydrogens is 422 g/mol. The van der Waals surface area contributed by atoms with Gasteiger partial charge in [-0.2, -0.15) is 0 Å². The maximum absolute atomic E-state index is 12.8. The van der Waals surface area contributed by atoms with E-state index in [1.807, 2.05) is 51.1 Å². The summed E-state index contributed by atoms with van der Waals surface area (Å²) in [6.45, 7) is 6.88. The lowest BCUT2D eigenvalue weighted by Gasteiger charge is -2.34. The topological polar surface area (TPSA) is 97.0 Å². The Kier molecular flexibility index (Phi) is 8.58. The van der Waals surface area contributed by atoms with Crippen molar-refractivity contribution in [3.63, 3.8) is 0 Å². The normalized spacial score (nSPS) is 21.7. The number of benzene rings is 1. The van der Waals surface area contributed by atoms with Crippen molar-refractivity contribution in [2.75, 3.05) is 13.1 Å². The van der Waals surface area contributed by atoms with Crippen LogP contribution in [0.25, 0.3) is 0 Å². The summed E-state index contributed by atoms with van der Waals surface area (Å²) in [5, 5.41) is 6.06. The van der Waals surface area contributed by atoms with E-state index in [1.54, 1.807) is 4.90 Å². The number of nitrogens with zero attached hydrogens (tertiary/aromatic N) is 1. The predicted octanol–water partition coefficient (Wildman–Crippen LogP) is 3.99. The van der Waals surface area contributed by atoms with Crippen LogP contribution < -0.4 is 10.6 Å². The van der Waals surface area contributed by atoms with Crippen LogP contribution in [0.1, 0.15) is 64.9 Å². The zero-order valence-corrected chi connectivity index (χ0v) is 20.0. The number of rotatable bonds is 5. The van der Waals surface area contributed by atoms with E-state index in [1.165, 1.54) is 0 Å². The van der Waals surface area contributed by atoms with Gasteiger partial charge in [-0.05, 0) is 58.4 Å². The molecule has 2 aliphatic rings. The first kappa shape index (κ1) is 24.9. The molecule has 0 aromatic heterocycles. The van der Waals surface area contributed by atoms with Crippen LogP contribution in [0.3, 0.4) is 0 Å². The molecule has 1 aliphatic carbocycles. The maximum Gasteiger partial charge on any atom is 0.410 e. The second-order valence-corrected chi connectivity index (χ2v) is 10.0. The van der Waals surface area contributed by atoms with Gasteiger partial charge < -0.3 is 25.0 Å². The van der Waals surface area contributed by atoms with Crippen molar-refractivity contribution in [3.05, 3.63) is 35.9 Å². The van der Waals surface area contributed by atoms with Crippen LogP contribution in [0.4, 0.5) is 9.59 Å². The lowest BCUT2D eigenvalue weighted by atomic mass is 9.85. The van der Waals surface area contributed by atoms with E-state index in [0.29, 0.717) is 32.4 Å². The molecule has 8 nitrogen and oxygen atoms in total. The van der Waals surface area contributed by atoms with Crippen molar-refractivity contribution in [1.29, 1.82) is 0 Å². The van der Waals surface area contributed by atoms with Crippen molar-refractivity contribution in [1.82, 2.24) is 15.5 Å². The van der Waals surface area contributed by atoms with Gasteiger partial charge in [0.15, 0.2) is 0 Å². The highest BCUT2D eigenvalue weighted by Crippen LogP contribution is 2.25. The molecule has 1 aromatic rings. The van der Waals surface area contributed by atoms with Crippen molar-refractivity contribution >= 4 is 18.1 Å². The van der Waals surface area contributed by atoms with Gasteiger partial charge in [-0.15, -0.1) is 0 Å². The van der Waals surface area contributed by atoms with Crippen molar-refractivity contribution < 1.29 is 23.9 Å². The number of hydrogen-bond acceptors (Lipinski definition) is 5. The maximum atomic E-state index is 12.8. The molecule has 8 heteroatoms. The van der Waals surface area contributed by atoms with E-state index in [9.17, 15) is 14.4 Å². The van der Waals surface area contributed by atoms with Gasteiger partial charge in [0.1, 0.15) is 12.2 Å². The Morgan fingerprint density at radius 3 is 2.33 bits per heavy atom. The Morgan fingerprint density at radius 2 is 1.67 bits per heavy atom. The highest BCUT2D eigenvalue weighted by atomic mass is 16.6. The van der Waals surface area contributed by atoms with E-state index in [0.717, 1.165) is 24.8 Å². The molecule has 0 unspecified atom stereocenters. The first-order valence-corrected chi connectivity index (χ1v) is 11.9. The minimum atomic E-state index is -0.543. The molecule has 182 valence electrons. The fourth-order valence-electron chi connectivity index (χ4n) is 4.37. The smallest absolute Gasteiger partial charge is 0.410 e. The predicted molar refractivity (Wildman–Crippen MR) is 124 cm³/mol. The number of hydrogen-bond donors (Lipinski definition) is 2. The summed E-state index contributed by atoms with van der Waals surface area (Å²) >= 11 is 0. The molecule has 1 saturated heterocycles. The van der Waals surface area contributed by atoms with Gasteiger partial charge in [-0.3, -0.25) is 4.79 Å². The molecule has 2 N–H and O–H groups in total. The Bertz CT molecular complexity index is 800. The average Bonchev–Trinajstić information content (AvgIpc) is 2.77. The molecule has 33 heavy (non-hydrogen) atoms. The fourth-order valence-corrected chi connectivity index (χ4v) is 4.37. The van der Waals surface area contributed by atoms with Crippen LogP contribution >= 0.6 is 0 Å². The fraction of sp³-hybridized carbons (Fsp3) is 0.640. The molecule has 1 aliphatic heterocycles. The van der Waals surface area contributed by atoms with Crippen LogP contribution in [0.15, 0.2) is 30.3 Å². The van der Waals surface area contributed by atoms with E-state index >= 15 is 0 Å². The Balaban J connectivity index is 1.37. The second-order valence-electron chi connectivity index (χ2n) is 10.0. The van der Waals surface area contributed by atoms with Gasteiger partial charge in [-0.1, -0.05) is 36.8 Å². The molecule has 0 radical (unpaired) electrons.